The zero-order chi connectivity index (χ0) is 16.2. The maximum Gasteiger partial charge on any atom is 0.230 e. The van der Waals surface area contributed by atoms with Gasteiger partial charge in [0.1, 0.15) is 11.6 Å². The van der Waals surface area contributed by atoms with Crippen LogP contribution in [-0.2, 0) is 11.2 Å². The maximum absolute atomic E-state index is 13.7. The second-order valence-corrected chi connectivity index (χ2v) is 4.90. The molecule has 3 rings (SSSR count). The summed E-state index contributed by atoms with van der Waals surface area (Å²) in [6, 6.07) is 13.6. The fourth-order valence-electron chi connectivity index (χ4n) is 2.10. The smallest absolute Gasteiger partial charge is 0.230 e. The maximum atomic E-state index is 13.7. The zero-order valence-corrected chi connectivity index (χ0v) is 11.9. The predicted molar refractivity (Wildman–Crippen MR) is 80.6 cm³/mol. The first-order valence-corrected chi connectivity index (χ1v) is 6.88. The van der Waals surface area contributed by atoms with Gasteiger partial charge in [-0.25, -0.2) is 8.78 Å². The van der Waals surface area contributed by atoms with E-state index in [1.54, 1.807) is 24.3 Å². The van der Waals surface area contributed by atoms with Gasteiger partial charge >= 0.3 is 0 Å². The fraction of sp³-hybridized carbons (Fsp3) is 0.0588. The van der Waals surface area contributed by atoms with Crippen molar-refractivity contribution in [1.82, 2.24) is 5.16 Å². The molecule has 1 N–H and O–H groups in total. The largest absolute Gasteiger partial charge is 0.356 e. The zero-order valence-electron chi connectivity index (χ0n) is 11.9. The molecule has 1 aromatic heterocycles. The van der Waals surface area contributed by atoms with Gasteiger partial charge in [0.15, 0.2) is 5.76 Å². The Bertz CT molecular complexity index is 832. The summed E-state index contributed by atoms with van der Waals surface area (Å²) in [6.45, 7) is 0. The Morgan fingerprint density at radius 1 is 1.09 bits per heavy atom. The van der Waals surface area contributed by atoms with Crippen molar-refractivity contribution in [1.29, 1.82) is 0 Å². The van der Waals surface area contributed by atoms with Gasteiger partial charge in [0.2, 0.25) is 5.91 Å². The van der Waals surface area contributed by atoms with Crippen molar-refractivity contribution in [2.75, 3.05) is 5.32 Å². The molecule has 4 nitrogen and oxygen atoms in total. The molecule has 0 saturated carbocycles. The second-order valence-electron chi connectivity index (χ2n) is 4.90. The van der Waals surface area contributed by atoms with E-state index < -0.39 is 11.6 Å². The van der Waals surface area contributed by atoms with Crippen molar-refractivity contribution >= 4 is 11.6 Å². The SMILES string of the molecule is O=C(Cc1cc(-c2ccc(F)cc2F)on1)Nc1ccccc1. The molecule has 1 amide bonds. The molecule has 0 fully saturated rings. The first-order chi connectivity index (χ1) is 11.1. The van der Waals surface area contributed by atoms with E-state index in [1.165, 1.54) is 12.1 Å². The van der Waals surface area contributed by atoms with Gasteiger partial charge in [0.25, 0.3) is 0 Å². The molecule has 116 valence electrons. The molecular formula is C17H12F2N2O2. The van der Waals surface area contributed by atoms with Crippen LogP contribution in [0.15, 0.2) is 59.1 Å². The summed E-state index contributed by atoms with van der Waals surface area (Å²) in [5, 5.41) is 6.46. The predicted octanol–water partition coefficient (Wildman–Crippen LogP) is 3.80. The van der Waals surface area contributed by atoms with Crippen LogP contribution < -0.4 is 5.32 Å². The first-order valence-electron chi connectivity index (χ1n) is 6.88. The van der Waals surface area contributed by atoms with Gasteiger partial charge in [-0.15, -0.1) is 0 Å². The van der Waals surface area contributed by atoms with E-state index in [9.17, 15) is 13.6 Å². The van der Waals surface area contributed by atoms with Crippen LogP contribution in [0.4, 0.5) is 14.5 Å². The summed E-state index contributed by atoms with van der Waals surface area (Å²) in [7, 11) is 0. The molecular weight excluding hydrogens is 302 g/mol. The van der Waals surface area contributed by atoms with Crippen molar-refractivity contribution in [3.63, 3.8) is 0 Å². The Balaban J connectivity index is 1.71. The Kier molecular flexibility index (Phi) is 4.14. The van der Waals surface area contributed by atoms with Crippen molar-refractivity contribution in [2.45, 2.75) is 6.42 Å². The summed E-state index contributed by atoms with van der Waals surface area (Å²) in [4.78, 5) is 11.9. The van der Waals surface area contributed by atoms with Gasteiger partial charge < -0.3 is 9.84 Å². The molecule has 0 spiro atoms. The van der Waals surface area contributed by atoms with Crippen LogP contribution in [0.3, 0.4) is 0 Å². The number of carbonyl (C=O) groups excluding carboxylic acids is 1. The van der Waals surface area contributed by atoms with Crippen LogP contribution in [0.25, 0.3) is 11.3 Å². The van der Waals surface area contributed by atoms with Crippen LogP contribution in [-0.4, -0.2) is 11.1 Å². The monoisotopic (exact) mass is 314 g/mol. The van der Waals surface area contributed by atoms with E-state index in [0.29, 0.717) is 11.4 Å². The average molecular weight is 314 g/mol. The summed E-state index contributed by atoms with van der Waals surface area (Å²) in [6.07, 6.45) is -0.0127. The van der Waals surface area contributed by atoms with Crippen LogP contribution in [0.2, 0.25) is 0 Å². The highest BCUT2D eigenvalue weighted by Crippen LogP contribution is 2.24. The molecule has 3 aromatic rings. The number of benzene rings is 2. The molecule has 0 aliphatic heterocycles. The minimum absolute atomic E-state index is 0.0127. The van der Waals surface area contributed by atoms with Crippen LogP contribution in [0.5, 0.6) is 0 Å². The van der Waals surface area contributed by atoms with Gasteiger partial charge in [-0.3, -0.25) is 4.79 Å². The third kappa shape index (κ3) is 3.60. The molecule has 0 unspecified atom stereocenters. The summed E-state index contributed by atoms with van der Waals surface area (Å²) < 4.78 is 31.6. The average Bonchev–Trinajstić information content (AvgIpc) is 2.96. The Hall–Kier alpha value is -3.02. The van der Waals surface area contributed by atoms with Gasteiger partial charge in [-0.05, 0) is 24.3 Å². The van der Waals surface area contributed by atoms with Gasteiger partial charge in [0.05, 0.1) is 17.7 Å². The molecule has 2 aromatic carbocycles. The summed E-state index contributed by atoms with van der Waals surface area (Å²) in [5.74, 6) is -1.55. The lowest BCUT2D eigenvalue weighted by Crippen LogP contribution is -2.14. The lowest BCUT2D eigenvalue weighted by molar-refractivity contribution is -0.115. The molecule has 0 saturated heterocycles. The third-order valence-electron chi connectivity index (χ3n) is 3.15. The van der Waals surface area contributed by atoms with Crippen LogP contribution >= 0.6 is 0 Å². The summed E-state index contributed by atoms with van der Waals surface area (Å²) in [5.41, 5.74) is 1.12. The number of carbonyl (C=O) groups is 1. The van der Waals surface area contributed by atoms with E-state index in [-0.39, 0.29) is 23.7 Å². The number of nitrogens with zero attached hydrogens (tertiary/aromatic N) is 1. The van der Waals surface area contributed by atoms with Crippen molar-refractivity contribution in [3.8, 4) is 11.3 Å². The molecule has 0 atom stereocenters. The standard InChI is InChI=1S/C17H12F2N2O2/c18-11-6-7-14(15(19)8-11)16-9-13(21-23-16)10-17(22)20-12-4-2-1-3-5-12/h1-9H,10H2,(H,20,22). The number of rotatable bonds is 4. The van der Waals surface area contributed by atoms with Gasteiger partial charge in [-0.1, -0.05) is 23.4 Å². The first kappa shape index (κ1) is 14.9. The molecule has 0 aliphatic carbocycles. The third-order valence-corrected chi connectivity index (χ3v) is 3.15. The number of amides is 1. The van der Waals surface area contributed by atoms with E-state index in [0.717, 1.165) is 12.1 Å². The molecule has 0 radical (unpaired) electrons. The summed E-state index contributed by atoms with van der Waals surface area (Å²) >= 11 is 0. The van der Waals surface area contributed by atoms with E-state index in [1.807, 2.05) is 6.07 Å². The van der Waals surface area contributed by atoms with Crippen LogP contribution in [0, 0.1) is 11.6 Å². The molecule has 0 aliphatic rings. The molecule has 6 heteroatoms. The van der Waals surface area contributed by atoms with Crippen molar-refractivity contribution in [3.05, 3.63) is 71.9 Å². The highest BCUT2D eigenvalue weighted by atomic mass is 19.1. The number of anilines is 1. The Labute approximate surface area is 130 Å². The van der Waals surface area contributed by atoms with E-state index in [2.05, 4.69) is 10.5 Å². The Morgan fingerprint density at radius 3 is 2.61 bits per heavy atom. The number of para-hydroxylation sites is 1. The number of hydrogen-bond donors (Lipinski definition) is 1. The van der Waals surface area contributed by atoms with Gasteiger partial charge in [-0.2, -0.15) is 0 Å². The topological polar surface area (TPSA) is 55.1 Å². The lowest BCUT2D eigenvalue weighted by Gasteiger charge is -2.02. The molecule has 1 heterocycles. The quantitative estimate of drug-likeness (QED) is 0.797. The van der Waals surface area contributed by atoms with Gasteiger partial charge in [0, 0.05) is 17.8 Å². The minimum atomic E-state index is -0.749. The minimum Gasteiger partial charge on any atom is -0.356 e. The highest BCUT2D eigenvalue weighted by Gasteiger charge is 2.14. The van der Waals surface area contributed by atoms with Crippen molar-refractivity contribution in [2.24, 2.45) is 0 Å². The number of nitrogens with one attached hydrogen (secondary N) is 1. The molecule has 0 bridgehead atoms. The fourth-order valence-corrected chi connectivity index (χ4v) is 2.10. The number of hydrogen-bond acceptors (Lipinski definition) is 3. The number of halogens is 2. The lowest BCUT2D eigenvalue weighted by atomic mass is 10.1. The van der Waals surface area contributed by atoms with E-state index >= 15 is 0 Å². The second kappa shape index (κ2) is 6.39. The Morgan fingerprint density at radius 2 is 1.87 bits per heavy atom. The van der Waals surface area contributed by atoms with E-state index in [4.69, 9.17) is 4.52 Å². The van der Waals surface area contributed by atoms with Crippen molar-refractivity contribution < 1.29 is 18.1 Å². The number of aromatic nitrogens is 1. The highest BCUT2D eigenvalue weighted by molar-refractivity contribution is 5.92. The van der Waals surface area contributed by atoms with Crippen LogP contribution in [0.1, 0.15) is 5.69 Å². The normalized spacial score (nSPS) is 10.5. The molecule has 23 heavy (non-hydrogen) atoms.